The number of nitrogens with two attached hydrogens (primary N) is 1. The van der Waals surface area contributed by atoms with Gasteiger partial charge in [0, 0.05) is 5.56 Å². The van der Waals surface area contributed by atoms with Crippen molar-refractivity contribution in [2.75, 3.05) is 7.05 Å². The van der Waals surface area contributed by atoms with Crippen LogP contribution in [0.5, 0.6) is 0 Å². The van der Waals surface area contributed by atoms with Crippen LogP contribution >= 0.6 is 0 Å². The molecule has 0 amide bonds. The molecule has 104 valence electrons. The van der Waals surface area contributed by atoms with Crippen molar-refractivity contribution >= 4 is 16.4 Å². The van der Waals surface area contributed by atoms with Gasteiger partial charge in [0.25, 0.3) is 0 Å². The number of hydrogen-bond donors (Lipinski definition) is 2. The van der Waals surface area contributed by atoms with E-state index in [-0.39, 0.29) is 0 Å². The highest BCUT2D eigenvalue weighted by atomic mass is 32.2. The number of aldehydes is 1. The Bertz CT molecular complexity index is 431. The molecule has 0 spiro atoms. The van der Waals surface area contributed by atoms with Crippen LogP contribution in [0.1, 0.15) is 10.4 Å². The van der Waals surface area contributed by atoms with Gasteiger partial charge in [0.05, 0.1) is 0 Å². The van der Waals surface area contributed by atoms with Gasteiger partial charge in [0.15, 0.2) is 0 Å². The zero-order valence-electron chi connectivity index (χ0n) is 9.26. The number of benzene rings is 1. The summed E-state index contributed by atoms with van der Waals surface area (Å²) in [5.41, 5.74) is -0.306. The van der Waals surface area contributed by atoms with Crippen molar-refractivity contribution < 1.29 is 30.9 Å². The van der Waals surface area contributed by atoms with Crippen molar-refractivity contribution in [3.05, 3.63) is 35.9 Å². The Morgan fingerprint density at radius 3 is 1.67 bits per heavy atom. The Balaban J connectivity index is 0. The fraction of sp³-hybridized carbons (Fsp3) is 0.222. The first-order valence-corrected chi connectivity index (χ1v) is 5.74. The highest BCUT2D eigenvalue weighted by molar-refractivity contribution is 7.86. The third-order valence-corrected chi connectivity index (χ3v) is 1.81. The van der Waals surface area contributed by atoms with E-state index >= 15 is 0 Å². The van der Waals surface area contributed by atoms with Crippen LogP contribution in [0.4, 0.5) is 13.2 Å². The van der Waals surface area contributed by atoms with Gasteiger partial charge in [-0.15, -0.1) is 0 Å². The average Bonchev–Trinajstić information content (AvgIpc) is 2.31. The van der Waals surface area contributed by atoms with Crippen molar-refractivity contribution in [3.8, 4) is 0 Å². The van der Waals surface area contributed by atoms with E-state index in [0.29, 0.717) is 0 Å². The van der Waals surface area contributed by atoms with Gasteiger partial charge < -0.3 is 5.73 Å². The molecule has 0 heterocycles. The lowest BCUT2D eigenvalue weighted by Crippen LogP contribution is -2.21. The average molecular weight is 287 g/mol. The molecular weight excluding hydrogens is 275 g/mol. The summed E-state index contributed by atoms with van der Waals surface area (Å²) in [4.78, 5) is 10.0. The lowest BCUT2D eigenvalue weighted by Gasteiger charge is -1.97. The van der Waals surface area contributed by atoms with Gasteiger partial charge in [-0.1, -0.05) is 30.3 Å². The van der Waals surface area contributed by atoms with E-state index in [0.717, 1.165) is 11.8 Å². The SMILES string of the molecule is CN.O=Cc1ccccc1.O=S(=O)(O)C(F)(F)F. The summed E-state index contributed by atoms with van der Waals surface area (Å²) in [6.07, 6.45) is 0.833. The Hall–Kier alpha value is -1.45. The van der Waals surface area contributed by atoms with Gasteiger partial charge in [0.2, 0.25) is 0 Å². The maximum absolute atomic E-state index is 10.7. The van der Waals surface area contributed by atoms with Crippen molar-refractivity contribution in [1.29, 1.82) is 0 Å². The highest BCUT2D eigenvalue weighted by Crippen LogP contribution is 2.20. The molecule has 1 aromatic rings. The number of carbonyl (C=O) groups excluding carboxylic acids is 1. The molecule has 0 saturated heterocycles. The van der Waals surface area contributed by atoms with Gasteiger partial charge in [0.1, 0.15) is 6.29 Å². The Labute approximate surface area is 102 Å². The normalized spacial score (nSPS) is 10.3. The van der Waals surface area contributed by atoms with Crippen LogP contribution in [-0.2, 0) is 10.1 Å². The summed E-state index contributed by atoms with van der Waals surface area (Å²) in [5, 5.41) is 0. The first-order chi connectivity index (χ1) is 8.18. The zero-order valence-corrected chi connectivity index (χ0v) is 10.1. The van der Waals surface area contributed by atoms with Crippen molar-refractivity contribution in [2.24, 2.45) is 5.73 Å². The van der Waals surface area contributed by atoms with Crippen molar-refractivity contribution in [1.82, 2.24) is 0 Å². The third-order valence-electron chi connectivity index (χ3n) is 1.23. The first kappa shape index (κ1) is 18.9. The molecule has 3 N–H and O–H groups in total. The molecule has 0 unspecified atom stereocenters. The van der Waals surface area contributed by atoms with Crippen LogP contribution in [0.15, 0.2) is 30.3 Å². The Morgan fingerprint density at radius 1 is 1.17 bits per heavy atom. The van der Waals surface area contributed by atoms with Crippen LogP contribution < -0.4 is 5.73 Å². The van der Waals surface area contributed by atoms with Gasteiger partial charge >= 0.3 is 15.6 Å². The topological polar surface area (TPSA) is 97.5 Å². The molecule has 0 aliphatic heterocycles. The summed E-state index contributed by atoms with van der Waals surface area (Å²) >= 11 is 0. The van der Waals surface area contributed by atoms with Crippen molar-refractivity contribution in [3.63, 3.8) is 0 Å². The number of hydrogen-bond acceptors (Lipinski definition) is 4. The van der Waals surface area contributed by atoms with E-state index in [1.54, 1.807) is 12.1 Å². The number of carbonyl (C=O) groups is 1. The van der Waals surface area contributed by atoms with Gasteiger partial charge in [-0.2, -0.15) is 21.6 Å². The molecule has 5 nitrogen and oxygen atoms in total. The second-order valence-corrected chi connectivity index (χ2v) is 3.86. The Kier molecular flexibility index (Phi) is 9.05. The maximum atomic E-state index is 10.7. The van der Waals surface area contributed by atoms with Gasteiger partial charge in [-0.25, -0.2) is 0 Å². The molecular formula is C9H12F3NO4S. The smallest absolute Gasteiger partial charge is 0.333 e. The van der Waals surface area contributed by atoms with Crippen LogP contribution in [0.2, 0.25) is 0 Å². The lowest BCUT2D eigenvalue weighted by atomic mass is 10.2. The molecule has 0 aliphatic rings. The lowest BCUT2D eigenvalue weighted by molar-refractivity contribution is -0.0510. The summed E-state index contributed by atoms with van der Waals surface area (Å²) in [6, 6.07) is 9.10. The Morgan fingerprint density at radius 2 is 1.50 bits per heavy atom. The molecule has 0 aliphatic carbocycles. The second kappa shape index (κ2) is 8.61. The second-order valence-electron chi connectivity index (χ2n) is 2.45. The van der Waals surface area contributed by atoms with Crippen LogP contribution in [0.25, 0.3) is 0 Å². The standard InChI is InChI=1S/C7H6O.CHF3O3S.CH5N/c8-6-7-4-2-1-3-5-7;2-1(3,4)8(5,6)7;1-2/h1-6H;(H,5,6,7);2H2,1H3. The van der Waals surface area contributed by atoms with E-state index in [9.17, 15) is 18.0 Å². The number of halogens is 3. The molecule has 9 heteroatoms. The van der Waals surface area contributed by atoms with E-state index in [4.69, 9.17) is 13.0 Å². The third kappa shape index (κ3) is 8.67. The van der Waals surface area contributed by atoms with E-state index < -0.39 is 15.6 Å². The molecule has 0 bridgehead atoms. The molecule has 18 heavy (non-hydrogen) atoms. The minimum atomic E-state index is -5.84. The van der Waals surface area contributed by atoms with Gasteiger partial charge in [-0.05, 0) is 7.05 Å². The predicted molar refractivity (Wildman–Crippen MR) is 59.5 cm³/mol. The summed E-state index contributed by atoms with van der Waals surface area (Å²) in [5.74, 6) is 0. The summed E-state index contributed by atoms with van der Waals surface area (Å²) in [6.45, 7) is 0. The predicted octanol–water partition coefficient (Wildman–Crippen LogP) is 1.47. The van der Waals surface area contributed by atoms with E-state index in [2.05, 4.69) is 5.73 Å². The molecule has 0 saturated carbocycles. The van der Waals surface area contributed by atoms with Gasteiger partial charge in [-0.3, -0.25) is 9.35 Å². The van der Waals surface area contributed by atoms with E-state index in [1.165, 1.54) is 7.05 Å². The van der Waals surface area contributed by atoms with Crippen molar-refractivity contribution in [2.45, 2.75) is 5.51 Å². The van der Waals surface area contributed by atoms with Crippen LogP contribution in [0, 0.1) is 0 Å². The molecule has 0 radical (unpaired) electrons. The molecule has 0 aromatic heterocycles. The van der Waals surface area contributed by atoms with E-state index in [1.807, 2.05) is 18.2 Å². The molecule has 0 atom stereocenters. The molecule has 0 fully saturated rings. The first-order valence-electron chi connectivity index (χ1n) is 4.30. The summed E-state index contributed by atoms with van der Waals surface area (Å²) < 4.78 is 57.5. The quantitative estimate of drug-likeness (QED) is 0.463. The number of alkyl halides is 3. The zero-order chi connectivity index (χ0) is 14.8. The highest BCUT2D eigenvalue weighted by Gasteiger charge is 2.44. The number of rotatable bonds is 1. The van der Waals surface area contributed by atoms with Crippen LogP contribution in [-0.4, -0.2) is 31.8 Å². The monoisotopic (exact) mass is 287 g/mol. The maximum Gasteiger partial charge on any atom is 0.522 e. The minimum Gasteiger partial charge on any atom is -0.333 e. The minimum absolute atomic E-state index is 0.729. The van der Waals surface area contributed by atoms with Crippen LogP contribution in [0.3, 0.4) is 0 Å². The molecule has 1 rings (SSSR count). The fourth-order valence-corrected chi connectivity index (χ4v) is 0.532. The molecule has 1 aromatic carbocycles. The largest absolute Gasteiger partial charge is 0.522 e. The fourth-order valence-electron chi connectivity index (χ4n) is 0.532. The summed E-state index contributed by atoms with van der Waals surface area (Å²) in [7, 11) is -4.34.